The van der Waals surface area contributed by atoms with Crippen molar-refractivity contribution in [3.63, 3.8) is 0 Å². The molecule has 0 bridgehead atoms. The molecule has 6 nitrogen and oxygen atoms in total. The fraction of sp³-hybridized carbons (Fsp3) is 0.278. The van der Waals surface area contributed by atoms with Crippen molar-refractivity contribution in [2.75, 3.05) is 11.9 Å². The molecule has 1 atom stereocenters. The molecule has 0 saturated heterocycles. The van der Waals surface area contributed by atoms with Gasteiger partial charge in [0.25, 0.3) is 5.91 Å². The van der Waals surface area contributed by atoms with Crippen molar-refractivity contribution in [2.24, 2.45) is 0 Å². The highest BCUT2D eigenvalue weighted by molar-refractivity contribution is 6.36. The zero-order chi connectivity index (χ0) is 18.9. The van der Waals surface area contributed by atoms with Crippen LogP contribution in [0.2, 0.25) is 10.0 Å². The van der Waals surface area contributed by atoms with Crippen LogP contribution >= 0.6 is 23.2 Å². The van der Waals surface area contributed by atoms with Gasteiger partial charge in [-0.2, -0.15) is 0 Å². The number of carbonyl (C=O) groups excluding carboxylic acids is 2. The SMILES string of the molecule is CC(OC(=O)CCCOc1ccccc1)C(=O)Nc1ncc(Cl)cc1Cl. The van der Waals surface area contributed by atoms with Crippen molar-refractivity contribution in [2.45, 2.75) is 25.9 Å². The van der Waals surface area contributed by atoms with E-state index in [9.17, 15) is 9.59 Å². The minimum atomic E-state index is -0.980. The zero-order valence-electron chi connectivity index (χ0n) is 14.1. The molecule has 1 amide bonds. The maximum absolute atomic E-state index is 12.1. The number of rotatable bonds is 8. The topological polar surface area (TPSA) is 77.5 Å². The third-order valence-electron chi connectivity index (χ3n) is 3.26. The molecule has 1 unspecified atom stereocenters. The van der Waals surface area contributed by atoms with E-state index in [1.807, 2.05) is 30.3 Å². The summed E-state index contributed by atoms with van der Waals surface area (Å²) in [6, 6.07) is 10.7. The number of para-hydroxylation sites is 1. The van der Waals surface area contributed by atoms with Gasteiger partial charge in [-0.15, -0.1) is 0 Å². The molecule has 8 heteroatoms. The number of benzene rings is 1. The third kappa shape index (κ3) is 6.54. The van der Waals surface area contributed by atoms with Gasteiger partial charge in [0.2, 0.25) is 0 Å². The molecule has 1 aromatic heterocycles. The first-order valence-corrected chi connectivity index (χ1v) is 8.70. The van der Waals surface area contributed by atoms with Crippen molar-refractivity contribution >= 4 is 40.9 Å². The summed E-state index contributed by atoms with van der Waals surface area (Å²) in [6.07, 6.45) is 0.995. The molecule has 1 aromatic carbocycles. The highest BCUT2D eigenvalue weighted by Crippen LogP contribution is 2.22. The quantitative estimate of drug-likeness (QED) is 0.536. The summed E-state index contributed by atoms with van der Waals surface area (Å²) in [5, 5.41) is 3.04. The van der Waals surface area contributed by atoms with Crippen molar-refractivity contribution < 1.29 is 19.1 Å². The van der Waals surface area contributed by atoms with Crippen LogP contribution in [-0.4, -0.2) is 29.6 Å². The second-order valence-corrected chi connectivity index (χ2v) is 6.21. The van der Waals surface area contributed by atoms with E-state index in [1.165, 1.54) is 19.2 Å². The number of aromatic nitrogens is 1. The minimum Gasteiger partial charge on any atom is -0.494 e. The number of nitrogens with zero attached hydrogens (tertiary/aromatic N) is 1. The number of carbonyl (C=O) groups is 2. The summed E-state index contributed by atoms with van der Waals surface area (Å²) in [6.45, 7) is 1.85. The number of anilines is 1. The monoisotopic (exact) mass is 396 g/mol. The predicted octanol–water partition coefficient (Wildman–Crippen LogP) is 4.12. The van der Waals surface area contributed by atoms with Gasteiger partial charge in [-0.3, -0.25) is 9.59 Å². The number of hydrogen-bond acceptors (Lipinski definition) is 5. The summed E-state index contributed by atoms with van der Waals surface area (Å²) >= 11 is 11.7. The zero-order valence-corrected chi connectivity index (χ0v) is 15.6. The Labute approximate surface area is 161 Å². The molecule has 26 heavy (non-hydrogen) atoms. The number of halogens is 2. The number of esters is 1. The van der Waals surface area contributed by atoms with Gasteiger partial charge in [0.1, 0.15) is 5.75 Å². The molecule has 0 aliphatic rings. The lowest BCUT2D eigenvalue weighted by atomic mass is 10.3. The van der Waals surface area contributed by atoms with Crippen LogP contribution in [0.3, 0.4) is 0 Å². The van der Waals surface area contributed by atoms with Crippen LogP contribution in [0.4, 0.5) is 5.82 Å². The highest BCUT2D eigenvalue weighted by Gasteiger charge is 2.19. The van der Waals surface area contributed by atoms with E-state index in [4.69, 9.17) is 32.7 Å². The van der Waals surface area contributed by atoms with Crippen molar-refractivity contribution in [1.29, 1.82) is 0 Å². The lowest BCUT2D eigenvalue weighted by Gasteiger charge is -2.14. The maximum atomic E-state index is 12.1. The van der Waals surface area contributed by atoms with Crippen LogP contribution in [0.5, 0.6) is 5.75 Å². The first kappa shape index (κ1) is 20.0. The first-order chi connectivity index (χ1) is 12.5. The number of nitrogens with one attached hydrogen (secondary N) is 1. The van der Waals surface area contributed by atoms with E-state index in [-0.39, 0.29) is 17.3 Å². The molecule has 0 aliphatic heterocycles. The molecule has 0 saturated carbocycles. The van der Waals surface area contributed by atoms with E-state index in [2.05, 4.69) is 10.3 Å². The molecular formula is C18H18Cl2N2O4. The average Bonchev–Trinajstić information content (AvgIpc) is 2.62. The first-order valence-electron chi connectivity index (χ1n) is 7.95. The molecular weight excluding hydrogens is 379 g/mol. The molecule has 0 aliphatic carbocycles. The van der Waals surface area contributed by atoms with Gasteiger partial charge >= 0.3 is 5.97 Å². The number of pyridine rings is 1. The maximum Gasteiger partial charge on any atom is 0.306 e. The van der Waals surface area contributed by atoms with E-state index < -0.39 is 18.0 Å². The Bertz CT molecular complexity index is 756. The van der Waals surface area contributed by atoms with Crippen LogP contribution in [0.1, 0.15) is 19.8 Å². The second-order valence-electron chi connectivity index (χ2n) is 5.37. The van der Waals surface area contributed by atoms with Gasteiger partial charge < -0.3 is 14.8 Å². The highest BCUT2D eigenvalue weighted by atomic mass is 35.5. The molecule has 138 valence electrons. The smallest absolute Gasteiger partial charge is 0.306 e. The summed E-state index contributed by atoms with van der Waals surface area (Å²) in [5.74, 6) is -0.128. The number of amides is 1. The Morgan fingerprint density at radius 2 is 1.96 bits per heavy atom. The predicted molar refractivity (Wildman–Crippen MR) is 99.6 cm³/mol. The second kappa shape index (κ2) is 9.99. The summed E-state index contributed by atoms with van der Waals surface area (Å²) in [4.78, 5) is 27.8. The Kier molecular flexibility index (Phi) is 7.69. The molecule has 0 fully saturated rings. The van der Waals surface area contributed by atoms with Gasteiger partial charge in [-0.25, -0.2) is 4.98 Å². The standard InChI is InChI=1S/C18H18Cl2N2O4/c1-12(18(24)22-17-15(20)10-13(19)11-21-17)26-16(23)8-5-9-25-14-6-3-2-4-7-14/h2-4,6-7,10-12H,5,8-9H2,1H3,(H,21,22,24). The fourth-order valence-corrected chi connectivity index (χ4v) is 2.39. The minimum absolute atomic E-state index is 0.143. The van der Waals surface area contributed by atoms with Gasteiger partial charge in [0, 0.05) is 12.6 Å². The normalized spacial score (nSPS) is 11.5. The molecule has 0 spiro atoms. The lowest BCUT2D eigenvalue weighted by molar-refractivity contribution is -0.153. The van der Waals surface area contributed by atoms with Crippen LogP contribution in [0, 0.1) is 0 Å². The number of ether oxygens (including phenoxy) is 2. The summed E-state index contributed by atoms with van der Waals surface area (Å²) in [5.41, 5.74) is 0. The molecule has 1 N–H and O–H groups in total. The van der Waals surface area contributed by atoms with Crippen LogP contribution in [0.25, 0.3) is 0 Å². The Morgan fingerprint density at radius 1 is 1.23 bits per heavy atom. The van der Waals surface area contributed by atoms with Gasteiger partial charge in [0.05, 0.1) is 16.7 Å². The van der Waals surface area contributed by atoms with E-state index in [0.717, 1.165) is 5.75 Å². The van der Waals surface area contributed by atoms with Crippen LogP contribution < -0.4 is 10.1 Å². The van der Waals surface area contributed by atoms with Crippen molar-refractivity contribution in [3.8, 4) is 5.75 Å². The largest absolute Gasteiger partial charge is 0.494 e. The Balaban J connectivity index is 1.71. The number of hydrogen-bond donors (Lipinski definition) is 1. The van der Waals surface area contributed by atoms with Gasteiger partial charge in [0.15, 0.2) is 11.9 Å². The lowest BCUT2D eigenvalue weighted by Crippen LogP contribution is -2.30. The molecule has 0 radical (unpaired) electrons. The van der Waals surface area contributed by atoms with Crippen molar-refractivity contribution in [1.82, 2.24) is 4.98 Å². The molecule has 2 rings (SSSR count). The third-order valence-corrected chi connectivity index (χ3v) is 3.76. The summed E-state index contributed by atoms with van der Waals surface area (Å²) in [7, 11) is 0. The Hall–Kier alpha value is -2.31. The molecule has 1 heterocycles. The van der Waals surface area contributed by atoms with E-state index >= 15 is 0 Å². The van der Waals surface area contributed by atoms with E-state index in [0.29, 0.717) is 18.1 Å². The van der Waals surface area contributed by atoms with Gasteiger partial charge in [-0.1, -0.05) is 41.4 Å². The van der Waals surface area contributed by atoms with Gasteiger partial charge in [-0.05, 0) is 31.5 Å². The Morgan fingerprint density at radius 3 is 2.65 bits per heavy atom. The van der Waals surface area contributed by atoms with Crippen LogP contribution in [0.15, 0.2) is 42.6 Å². The van der Waals surface area contributed by atoms with E-state index in [1.54, 1.807) is 0 Å². The molecule has 2 aromatic rings. The van der Waals surface area contributed by atoms with Crippen molar-refractivity contribution in [3.05, 3.63) is 52.6 Å². The summed E-state index contributed by atoms with van der Waals surface area (Å²) < 4.78 is 10.6. The fourth-order valence-electron chi connectivity index (χ4n) is 1.96. The average molecular weight is 397 g/mol. The van der Waals surface area contributed by atoms with Crippen LogP contribution in [-0.2, 0) is 14.3 Å².